The van der Waals surface area contributed by atoms with Gasteiger partial charge in [-0.05, 0) is 85.9 Å². The van der Waals surface area contributed by atoms with Crippen LogP contribution in [0.25, 0.3) is 10.9 Å². The van der Waals surface area contributed by atoms with Crippen molar-refractivity contribution < 1.29 is 42.5 Å². The molecule has 61 heavy (non-hydrogen) atoms. The number of amides is 1. The summed E-state index contributed by atoms with van der Waals surface area (Å²) in [5.74, 6) is -1.89. The van der Waals surface area contributed by atoms with Crippen LogP contribution in [0.1, 0.15) is 68.9 Å². The Bertz CT molecular complexity index is 2330. The minimum Gasteiger partial charge on any atom is -0.460 e. The van der Waals surface area contributed by atoms with Crippen LogP contribution in [-0.4, -0.2) is 85.0 Å². The van der Waals surface area contributed by atoms with Gasteiger partial charge in [0.05, 0.1) is 29.8 Å². The van der Waals surface area contributed by atoms with Crippen molar-refractivity contribution in [3.63, 3.8) is 0 Å². The van der Waals surface area contributed by atoms with Crippen LogP contribution in [0.3, 0.4) is 0 Å². The van der Waals surface area contributed by atoms with E-state index < -0.39 is 33.9 Å². The number of benzene rings is 3. The molecule has 1 aliphatic heterocycles. The number of likely N-dealkylation sites (N-methyl/N-ethyl adjacent to an activating group) is 1. The van der Waals surface area contributed by atoms with Gasteiger partial charge in [-0.1, -0.05) is 78.7 Å². The lowest BCUT2D eigenvalue weighted by Gasteiger charge is -2.59. The molecule has 0 bridgehead atoms. The second-order valence-corrected chi connectivity index (χ2v) is 17.7. The molecule has 0 radical (unpaired) electrons. The number of hydrogen-bond acceptors (Lipinski definition) is 11. The highest BCUT2D eigenvalue weighted by Gasteiger charge is 2.65. The lowest BCUT2D eigenvalue weighted by Crippen LogP contribution is -2.69. The number of para-hydroxylation sites is 1. The number of oxime groups is 1. The largest absolute Gasteiger partial charge is 0.460 e. The lowest BCUT2D eigenvalue weighted by molar-refractivity contribution is -0.250. The summed E-state index contributed by atoms with van der Waals surface area (Å²) in [5.41, 5.74) is 3.47. The summed E-state index contributed by atoms with van der Waals surface area (Å²) in [6.07, 6.45) is 9.12. The molecular weight excluding hydrogens is 797 g/mol. The monoisotopic (exact) mass is 852 g/mol. The molecule has 0 spiro atoms. The predicted octanol–water partition coefficient (Wildman–Crippen LogP) is 7.50. The van der Waals surface area contributed by atoms with Gasteiger partial charge >= 0.3 is 6.09 Å². The van der Waals surface area contributed by atoms with Crippen molar-refractivity contribution in [1.29, 1.82) is 0 Å². The number of carbonyl (C=O) groups excluding carboxylic acids is 1. The molecule has 6 atom stereocenters. The number of nitrogens with one attached hydrogen (secondary N) is 1. The predicted molar refractivity (Wildman–Crippen MR) is 233 cm³/mol. The maximum absolute atomic E-state index is 15.0. The van der Waals surface area contributed by atoms with Crippen molar-refractivity contribution in [1.82, 2.24) is 14.6 Å². The van der Waals surface area contributed by atoms with Crippen molar-refractivity contribution in [3.8, 4) is 11.5 Å². The fourth-order valence-corrected chi connectivity index (χ4v) is 11.0. The average Bonchev–Trinajstić information content (AvgIpc) is 3.28. The lowest BCUT2D eigenvalue weighted by atomic mass is 9.55. The molecule has 14 heteroatoms. The molecule has 3 aliphatic rings. The van der Waals surface area contributed by atoms with E-state index in [1.165, 1.54) is 4.31 Å². The number of rotatable bonds is 19. The van der Waals surface area contributed by atoms with E-state index in [0.29, 0.717) is 54.0 Å². The summed E-state index contributed by atoms with van der Waals surface area (Å²) in [7, 11) is -2.73. The first kappa shape index (κ1) is 44.0. The minimum atomic E-state index is -4.27. The first-order chi connectivity index (χ1) is 29.7. The maximum atomic E-state index is 15.0. The standard InChI is InChI=1S/C47H56N4O9S/c1-4-27-57-47-42(51(3)61(55,56)41-21-13-18-33-19-14-24-48-45(33)41)30-39(50-58-5-2)37-28-34(17-9-11-25-52)36(20-10-12-26-53)43(44(37)47)38-29-35(22-23-40(38)60-47)59-46(54)49-31-32-15-7-6-8-16-32/h4,6-8,13-16,18-19,21-24,28-29,34,36,42-44,52-53H,1,5,9-12,17,20,25-27,30-31H2,2-3H3,(H,49,54). The van der Waals surface area contributed by atoms with Crippen LogP contribution in [0.15, 0.2) is 119 Å². The number of sulfonamides is 1. The fourth-order valence-electron chi connectivity index (χ4n) is 9.43. The molecule has 2 heterocycles. The van der Waals surface area contributed by atoms with E-state index in [-0.39, 0.29) is 55.4 Å². The molecule has 2 aliphatic carbocycles. The number of ether oxygens (including phenoxy) is 3. The number of unbranched alkanes of at least 4 members (excludes halogenated alkanes) is 2. The molecule has 0 saturated heterocycles. The Morgan fingerprint density at radius 2 is 1.80 bits per heavy atom. The molecule has 1 saturated carbocycles. The van der Waals surface area contributed by atoms with E-state index in [1.54, 1.807) is 49.7 Å². The first-order valence-corrected chi connectivity index (χ1v) is 22.6. The third kappa shape index (κ3) is 9.10. The summed E-state index contributed by atoms with van der Waals surface area (Å²) in [6.45, 7) is 6.54. The number of aliphatic hydroxyl groups excluding tert-OH is 2. The van der Waals surface area contributed by atoms with Crippen molar-refractivity contribution in [2.75, 3.05) is 33.5 Å². The van der Waals surface area contributed by atoms with Crippen molar-refractivity contribution in [3.05, 3.63) is 120 Å². The third-order valence-electron chi connectivity index (χ3n) is 12.1. The van der Waals surface area contributed by atoms with Crippen molar-refractivity contribution in [2.24, 2.45) is 22.9 Å². The fraction of sp³-hybridized carbons (Fsp3) is 0.426. The molecule has 3 N–H and O–H groups in total. The van der Waals surface area contributed by atoms with Gasteiger partial charge < -0.3 is 34.6 Å². The summed E-state index contributed by atoms with van der Waals surface area (Å²) in [5, 5.41) is 28.0. The van der Waals surface area contributed by atoms with Gasteiger partial charge in [-0.15, -0.1) is 6.58 Å². The second kappa shape index (κ2) is 19.7. The second-order valence-electron chi connectivity index (χ2n) is 15.8. The molecule has 3 aromatic carbocycles. The number of aliphatic hydroxyl groups is 2. The van der Waals surface area contributed by atoms with E-state index in [0.717, 1.165) is 36.0 Å². The Morgan fingerprint density at radius 1 is 1.03 bits per heavy atom. The number of nitrogens with zero attached hydrogens (tertiary/aromatic N) is 3. The minimum absolute atomic E-state index is 0.00473. The molecule has 324 valence electrons. The Hall–Kier alpha value is -5.12. The molecule has 1 aromatic heterocycles. The molecule has 7 rings (SSSR count). The molecule has 4 aromatic rings. The molecule has 6 unspecified atom stereocenters. The van der Waals surface area contributed by atoms with Gasteiger partial charge in [0.15, 0.2) is 0 Å². The number of carbonyl (C=O) groups is 1. The zero-order valence-corrected chi connectivity index (χ0v) is 35.6. The number of aromatic nitrogens is 1. The highest BCUT2D eigenvalue weighted by Crippen LogP contribution is 2.62. The third-order valence-corrected chi connectivity index (χ3v) is 14.0. The van der Waals surface area contributed by atoms with Gasteiger partial charge in [0.25, 0.3) is 0 Å². The van der Waals surface area contributed by atoms with Crippen LogP contribution in [0.2, 0.25) is 0 Å². The highest BCUT2D eigenvalue weighted by molar-refractivity contribution is 7.89. The van der Waals surface area contributed by atoms with E-state index in [4.69, 9.17) is 19.0 Å². The Balaban J connectivity index is 1.40. The maximum Gasteiger partial charge on any atom is 0.412 e. The number of fused-ring (bicyclic) bond motifs is 3. The molecule has 1 amide bonds. The normalized spacial score (nSPS) is 23.7. The Kier molecular flexibility index (Phi) is 14.2. The van der Waals surface area contributed by atoms with Crippen LogP contribution in [-0.2, 0) is 26.1 Å². The van der Waals surface area contributed by atoms with Gasteiger partial charge in [-0.2, -0.15) is 4.31 Å². The van der Waals surface area contributed by atoms with Crippen LogP contribution in [0, 0.1) is 17.8 Å². The Morgan fingerprint density at radius 3 is 2.56 bits per heavy atom. The first-order valence-electron chi connectivity index (χ1n) is 21.2. The van der Waals surface area contributed by atoms with Crippen LogP contribution < -0.4 is 14.8 Å². The SMILES string of the molecule is C=CCOC12Oc3ccc(OC(=O)NCc4ccccc4)cc3C3C(CCCCO)C(CCCCO)C=C(C(=NOCC)CC1N(C)S(=O)(=O)c1cccc4cccnc14)C32. The van der Waals surface area contributed by atoms with E-state index in [1.807, 2.05) is 55.5 Å². The highest BCUT2D eigenvalue weighted by atomic mass is 32.2. The number of allylic oxidation sites excluding steroid dienone is 1. The number of hydrogen-bond donors (Lipinski definition) is 3. The van der Waals surface area contributed by atoms with Crippen LogP contribution in [0.5, 0.6) is 11.5 Å². The van der Waals surface area contributed by atoms with E-state index in [2.05, 4.69) is 28.1 Å². The Labute approximate surface area is 358 Å². The molecule has 1 fully saturated rings. The van der Waals surface area contributed by atoms with Crippen molar-refractivity contribution >= 4 is 32.7 Å². The average molecular weight is 853 g/mol. The smallest absolute Gasteiger partial charge is 0.412 e. The quantitative estimate of drug-likeness (QED) is 0.0488. The summed E-state index contributed by atoms with van der Waals surface area (Å²) >= 11 is 0. The van der Waals surface area contributed by atoms with E-state index in [9.17, 15) is 15.0 Å². The zero-order valence-electron chi connectivity index (χ0n) is 34.8. The summed E-state index contributed by atoms with van der Waals surface area (Å²) < 4.78 is 51.5. The summed E-state index contributed by atoms with van der Waals surface area (Å²) in [6, 6.07) is 22.5. The van der Waals surface area contributed by atoms with Crippen LogP contribution in [0.4, 0.5) is 4.79 Å². The van der Waals surface area contributed by atoms with E-state index >= 15 is 8.42 Å². The van der Waals surface area contributed by atoms with Gasteiger partial charge in [0, 0.05) is 56.3 Å². The molecule has 13 nitrogen and oxygen atoms in total. The number of pyridine rings is 1. The van der Waals surface area contributed by atoms with Gasteiger partial charge in [0.2, 0.25) is 15.8 Å². The van der Waals surface area contributed by atoms with Crippen LogP contribution >= 0.6 is 0 Å². The topological polar surface area (TPSA) is 169 Å². The van der Waals surface area contributed by atoms with Gasteiger partial charge in [0.1, 0.15) is 23.0 Å². The molecular formula is C47H56N4O9S. The summed E-state index contributed by atoms with van der Waals surface area (Å²) in [4.78, 5) is 23.5. The van der Waals surface area contributed by atoms with Gasteiger partial charge in [-0.3, -0.25) is 4.98 Å². The van der Waals surface area contributed by atoms with Gasteiger partial charge in [-0.25, -0.2) is 13.2 Å². The van der Waals surface area contributed by atoms with Crippen molar-refractivity contribution in [2.45, 2.75) is 81.1 Å². The zero-order chi connectivity index (χ0) is 43.0.